The van der Waals surface area contributed by atoms with Gasteiger partial charge in [-0.25, -0.2) is 0 Å². The minimum Gasteiger partial charge on any atom is -0.493 e. The second kappa shape index (κ2) is 5.50. The van der Waals surface area contributed by atoms with E-state index in [2.05, 4.69) is 11.8 Å². The Kier molecular flexibility index (Phi) is 4.21. The summed E-state index contributed by atoms with van der Waals surface area (Å²) in [5, 5.41) is 0. The van der Waals surface area contributed by atoms with E-state index in [1.54, 1.807) is 0 Å². The van der Waals surface area contributed by atoms with Gasteiger partial charge in [0.05, 0.1) is 18.1 Å². The van der Waals surface area contributed by atoms with Crippen LogP contribution in [0.25, 0.3) is 0 Å². The Labute approximate surface area is 83.7 Å². The Morgan fingerprint density at radius 1 is 1.38 bits per heavy atom. The number of alkyl halides is 1. The number of para-hydroxylation sites is 1. The van der Waals surface area contributed by atoms with Crippen LogP contribution in [0.3, 0.4) is 0 Å². The highest BCUT2D eigenvalue weighted by Crippen LogP contribution is 2.16. The molecule has 2 heteroatoms. The molecule has 0 aromatic heterocycles. The third-order valence-electron chi connectivity index (χ3n) is 1.48. The number of hydrogen-bond donors (Lipinski definition) is 0. The predicted octanol–water partition coefficient (Wildman–Crippen LogP) is 2.68. The fourth-order valence-electron chi connectivity index (χ4n) is 0.980. The summed E-state index contributed by atoms with van der Waals surface area (Å²) in [5.41, 5.74) is 0.894. The summed E-state index contributed by atoms with van der Waals surface area (Å²) in [6.45, 7) is 2.60. The van der Waals surface area contributed by atoms with Crippen LogP contribution in [0.15, 0.2) is 24.3 Å². The zero-order chi connectivity index (χ0) is 9.52. The number of hydrogen-bond acceptors (Lipinski definition) is 1. The first-order chi connectivity index (χ1) is 6.38. The minimum atomic E-state index is 0.348. The van der Waals surface area contributed by atoms with Crippen molar-refractivity contribution in [1.29, 1.82) is 0 Å². The van der Waals surface area contributed by atoms with Gasteiger partial charge in [-0.3, -0.25) is 0 Å². The predicted molar refractivity (Wildman–Crippen MR) is 55.2 cm³/mol. The first-order valence-corrected chi connectivity index (χ1v) is 4.68. The lowest BCUT2D eigenvalue weighted by Gasteiger charge is -2.04. The van der Waals surface area contributed by atoms with Crippen LogP contribution in [0.1, 0.15) is 12.5 Å². The molecule has 0 spiro atoms. The van der Waals surface area contributed by atoms with Crippen LogP contribution < -0.4 is 4.74 Å². The Bertz CT molecular complexity index is 322. The van der Waals surface area contributed by atoms with Crippen molar-refractivity contribution in [2.75, 3.05) is 12.5 Å². The van der Waals surface area contributed by atoms with Gasteiger partial charge in [-0.15, -0.1) is 11.6 Å². The molecule has 68 valence electrons. The molecule has 1 rings (SSSR count). The Hall–Kier alpha value is -1.13. The van der Waals surface area contributed by atoms with Crippen molar-refractivity contribution in [2.24, 2.45) is 0 Å². The number of ether oxygens (including phenoxy) is 1. The van der Waals surface area contributed by atoms with Gasteiger partial charge in [0.15, 0.2) is 0 Å². The summed E-state index contributed by atoms with van der Waals surface area (Å²) >= 11 is 5.47. The lowest BCUT2D eigenvalue weighted by Crippen LogP contribution is -1.93. The van der Waals surface area contributed by atoms with Gasteiger partial charge in [0, 0.05) is 0 Å². The molecule has 13 heavy (non-hydrogen) atoms. The van der Waals surface area contributed by atoms with Crippen LogP contribution in [-0.4, -0.2) is 12.5 Å². The fourth-order valence-corrected chi connectivity index (χ4v) is 1.05. The summed E-state index contributed by atoms with van der Waals surface area (Å²) in [6.07, 6.45) is 0. The lowest BCUT2D eigenvalue weighted by atomic mass is 10.2. The van der Waals surface area contributed by atoms with Gasteiger partial charge in [0.2, 0.25) is 0 Å². The molecule has 0 N–H and O–H groups in total. The highest BCUT2D eigenvalue weighted by molar-refractivity contribution is 6.19. The van der Waals surface area contributed by atoms with Gasteiger partial charge in [-0.1, -0.05) is 24.0 Å². The highest BCUT2D eigenvalue weighted by atomic mass is 35.5. The summed E-state index contributed by atoms with van der Waals surface area (Å²) in [7, 11) is 0. The second-order valence-corrected chi connectivity index (χ2v) is 2.63. The molecular formula is C11H11ClO. The standard InChI is InChI=1S/C11H11ClO/c1-2-13-11-8-4-3-6-10(11)7-5-9-12/h3-4,6,8H,2,9H2,1H3. The number of halogens is 1. The topological polar surface area (TPSA) is 9.23 Å². The summed E-state index contributed by atoms with van der Waals surface area (Å²) in [4.78, 5) is 0. The maximum Gasteiger partial charge on any atom is 0.134 e. The van der Waals surface area contributed by atoms with E-state index in [0.29, 0.717) is 12.5 Å². The molecular weight excluding hydrogens is 184 g/mol. The summed E-state index contributed by atoms with van der Waals surface area (Å²) in [5.74, 6) is 6.91. The van der Waals surface area contributed by atoms with Crippen molar-refractivity contribution in [3.05, 3.63) is 29.8 Å². The van der Waals surface area contributed by atoms with Gasteiger partial charge in [0.25, 0.3) is 0 Å². The van der Waals surface area contributed by atoms with Crippen molar-refractivity contribution in [3.8, 4) is 17.6 Å². The van der Waals surface area contributed by atoms with Crippen molar-refractivity contribution >= 4 is 11.6 Å². The molecule has 0 unspecified atom stereocenters. The number of benzene rings is 1. The van der Waals surface area contributed by atoms with Gasteiger partial charge < -0.3 is 4.74 Å². The highest BCUT2D eigenvalue weighted by Gasteiger charge is 1.96. The van der Waals surface area contributed by atoms with E-state index in [4.69, 9.17) is 16.3 Å². The molecule has 0 heterocycles. The van der Waals surface area contributed by atoms with E-state index in [9.17, 15) is 0 Å². The zero-order valence-corrected chi connectivity index (χ0v) is 8.27. The Balaban J connectivity index is 2.90. The largest absolute Gasteiger partial charge is 0.493 e. The molecule has 0 aliphatic carbocycles. The molecule has 1 nitrogen and oxygen atoms in total. The van der Waals surface area contributed by atoms with Crippen LogP contribution in [-0.2, 0) is 0 Å². The van der Waals surface area contributed by atoms with E-state index in [-0.39, 0.29) is 0 Å². The van der Waals surface area contributed by atoms with Gasteiger partial charge in [-0.05, 0) is 19.1 Å². The molecule has 0 fully saturated rings. The van der Waals surface area contributed by atoms with Crippen molar-refractivity contribution in [2.45, 2.75) is 6.92 Å². The summed E-state index contributed by atoms with van der Waals surface area (Å²) in [6, 6.07) is 7.68. The lowest BCUT2D eigenvalue weighted by molar-refractivity contribution is 0.339. The Morgan fingerprint density at radius 2 is 2.15 bits per heavy atom. The Morgan fingerprint density at radius 3 is 2.85 bits per heavy atom. The molecule has 1 aromatic rings. The molecule has 0 radical (unpaired) electrons. The minimum absolute atomic E-state index is 0.348. The van der Waals surface area contributed by atoms with Crippen molar-refractivity contribution in [1.82, 2.24) is 0 Å². The maximum atomic E-state index is 5.47. The molecule has 1 aromatic carbocycles. The van der Waals surface area contributed by atoms with Gasteiger partial charge in [0.1, 0.15) is 5.75 Å². The van der Waals surface area contributed by atoms with Crippen molar-refractivity contribution in [3.63, 3.8) is 0 Å². The molecule has 0 bridgehead atoms. The summed E-state index contributed by atoms with van der Waals surface area (Å²) < 4.78 is 5.39. The number of rotatable bonds is 2. The maximum absolute atomic E-state index is 5.47. The van der Waals surface area contributed by atoms with E-state index in [1.165, 1.54) is 0 Å². The van der Waals surface area contributed by atoms with Crippen LogP contribution >= 0.6 is 11.6 Å². The smallest absolute Gasteiger partial charge is 0.134 e. The third kappa shape index (κ3) is 3.01. The van der Waals surface area contributed by atoms with Crippen molar-refractivity contribution < 1.29 is 4.74 Å². The first-order valence-electron chi connectivity index (χ1n) is 4.15. The van der Waals surface area contributed by atoms with Crippen LogP contribution in [0.5, 0.6) is 5.75 Å². The first kappa shape index (κ1) is 9.95. The molecule has 0 aliphatic rings. The molecule has 0 amide bonds. The molecule has 0 saturated heterocycles. The van der Waals surface area contributed by atoms with Crippen LogP contribution in [0, 0.1) is 11.8 Å². The van der Waals surface area contributed by atoms with Crippen LogP contribution in [0.4, 0.5) is 0 Å². The van der Waals surface area contributed by atoms with E-state index >= 15 is 0 Å². The quantitative estimate of drug-likeness (QED) is 0.520. The SMILES string of the molecule is CCOc1ccccc1C#CCCl. The molecule has 0 aliphatic heterocycles. The van der Waals surface area contributed by atoms with Crippen LogP contribution in [0.2, 0.25) is 0 Å². The van der Waals surface area contributed by atoms with E-state index < -0.39 is 0 Å². The van der Waals surface area contributed by atoms with E-state index in [0.717, 1.165) is 11.3 Å². The van der Waals surface area contributed by atoms with E-state index in [1.807, 2.05) is 31.2 Å². The van der Waals surface area contributed by atoms with Gasteiger partial charge >= 0.3 is 0 Å². The fraction of sp³-hybridized carbons (Fsp3) is 0.273. The third-order valence-corrected chi connectivity index (χ3v) is 1.61. The van der Waals surface area contributed by atoms with Gasteiger partial charge in [-0.2, -0.15) is 0 Å². The average molecular weight is 195 g/mol. The molecule has 0 atom stereocenters. The monoisotopic (exact) mass is 194 g/mol. The second-order valence-electron chi connectivity index (χ2n) is 2.36. The average Bonchev–Trinajstić information content (AvgIpc) is 2.17. The zero-order valence-electron chi connectivity index (χ0n) is 7.51. The normalized spacial score (nSPS) is 8.77. The molecule has 0 saturated carbocycles.